The number of hydrogen-bond acceptors (Lipinski definition) is 2. The Bertz CT molecular complexity index is 682. The molecule has 0 unspecified atom stereocenters. The number of anilines is 2. The van der Waals surface area contributed by atoms with Gasteiger partial charge in [0.15, 0.2) is 0 Å². The highest BCUT2D eigenvalue weighted by Gasteiger charge is 2.19. The number of para-hydroxylation sites is 1. The van der Waals surface area contributed by atoms with E-state index in [0.717, 1.165) is 16.8 Å². The van der Waals surface area contributed by atoms with E-state index in [9.17, 15) is 9.18 Å². The molecule has 0 radical (unpaired) electrons. The van der Waals surface area contributed by atoms with Crippen LogP contribution in [0.1, 0.15) is 21.5 Å². The molecular formula is C17H19FN2O. The van der Waals surface area contributed by atoms with E-state index in [0.29, 0.717) is 5.56 Å². The average Bonchev–Trinajstić information content (AvgIpc) is 2.45. The number of carbonyl (C=O) groups excluding carboxylic acids is 1. The summed E-state index contributed by atoms with van der Waals surface area (Å²) < 4.78 is 13.8. The zero-order valence-electron chi connectivity index (χ0n) is 12.7. The molecule has 1 N–H and O–H groups in total. The van der Waals surface area contributed by atoms with Gasteiger partial charge in [-0.05, 0) is 37.6 Å². The topological polar surface area (TPSA) is 32.3 Å². The van der Waals surface area contributed by atoms with Crippen LogP contribution in [0.3, 0.4) is 0 Å². The Labute approximate surface area is 124 Å². The molecule has 0 fully saturated rings. The van der Waals surface area contributed by atoms with Crippen molar-refractivity contribution in [2.45, 2.75) is 13.8 Å². The van der Waals surface area contributed by atoms with E-state index in [4.69, 9.17) is 0 Å². The molecule has 0 aromatic heterocycles. The van der Waals surface area contributed by atoms with Crippen molar-refractivity contribution in [3.63, 3.8) is 0 Å². The molecule has 2 aromatic carbocycles. The lowest BCUT2D eigenvalue weighted by molar-refractivity contribution is 0.0993. The van der Waals surface area contributed by atoms with E-state index in [-0.39, 0.29) is 11.6 Å². The fraction of sp³-hybridized carbons (Fsp3) is 0.235. The van der Waals surface area contributed by atoms with Crippen molar-refractivity contribution in [2.24, 2.45) is 0 Å². The van der Waals surface area contributed by atoms with E-state index >= 15 is 0 Å². The Morgan fingerprint density at radius 2 is 1.90 bits per heavy atom. The van der Waals surface area contributed by atoms with Gasteiger partial charge in [0.2, 0.25) is 0 Å². The van der Waals surface area contributed by atoms with Crippen molar-refractivity contribution >= 4 is 17.3 Å². The summed E-state index contributed by atoms with van der Waals surface area (Å²) in [6.45, 7) is 3.96. The summed E-state index contributed by atoms with van der Waals surface area (Å²) in [5.41, 5.74) is 3.50. The third-order valence-corrected chi connectivity index (χ3v) is 3.51. The first kappa shape index (κ1) is 15.0. The monoisotopic (exact) mass is 286 g/mol. The minimum Gasteiger partial charge on any atom is -0.385 e. The third kappa shape index (κ3) is 2.89. The summed E-state index contributed by atoms with van der Waals surface area (Å²) >= 11 is 0. The molecule has 21 heavy (non-hydrogen) atoms. The van der Waals surface area contributed by atoms with Crippen LogP contribution < -0.4 is 10.2 Å². The molecule has 0 spiro atoms. The zero-order chi connectivity index (χ0) is 15.6. The maximum atomic E-state index is 13.8. The second-order valence-corrected chi connectivity index (χ2v) is 5.07. The lowest BCUT2D eigenvalue weighted by Crippen LogP contribution is -2.27. The molecular weight excluding hydrogens is 267 g/mol. The minimum absolute atomic E-state index is 0.221. The maximum Gasteiger partial charge on any atom is 0.260 e. The van der Waals surface area contributed by atoms with Crippen LogP contribution in [0.2, 0.25) is 0 Å². The number of benzene rings is 2. The second-order valence-electron chi connectivity index (χ2n) is 5.07. The Morgan fingerprint density at radius 3 is 2.52 bits per heavy atom. The van der Waals surface area contributed by atoms with Crippen LogP contribution in [-0.4, -0.2) is 20.0 Å². The third-order valence-electron chi connectivity index (χ3n) is 3.51. The molecule has 0 aliphatic carbocycles. The van der Waals surface area contributed by atoms with Crippen molar-refractivity contribution in [1.82, 2.24) is 0 Å². The minimum atomic E-state index is -0.433. The van der Waals surface area contributed by atoms with E-state index in [1.165, 1.54) is 6.07 Å². The molecule has 0 heterocycles. The molecule has 0 atom stereocenters. The van der Waals surface area contributed by atoms with Gasteiger partial charge in [0.1, 0.15) is 5.82 Å². The zero-order valence-corrected chi connectivity index (χ0v) is 12.7. The van der Waals surface area contributed by atoms with Crippen molar-refractivity contribution in [2.75, 3.05) is 24.3 Å². The number of halogens is 1. The van der Waals surface area contributed by atoms with Gasteiger partial charge in [-0.15, -0.1) is 0 Å². The molecule has 0 aliphatic heterocycles. The van der Waals surface area contributed by atoms with Crippen LogP contribution >= 0.6 is 0 Å². The highest BCUT2D eigenvalue weighted by molar-refractivity contribution is 6.09. The van der Waals surface area contributed by atoms with Crippen LogP contribution in [0.5, 0.6) is 0 Å². The normalized spacial score (nSPS) is 10.3. The van der Waals surface area contributed by atoms with Crippen molar-refractivity contribution < 1.29 is 9.18 Å². The Balaban J connectivity index is 2.42. The van der Waals surface area contributed by atoms with Crippen LogP contribution in [0.15, 0.2) is 36.4 Å². The van der Waals surface area contributed by atoms with Gasteiger partial charge in [0, 0.05) is 19.8 Å². The van der Waals surface area contributed by atoms with Crippen molar-refractivity contribution in [1.29, 1.82) is 0 Å². The number of hydrogen-bond donors (Lipinski definition) is 1. The Kier molecular flexibility index (Phi) is 4.26. The summed E-state index contributed by atoms with van der Waals surface area (Å²) in [6, 6.07) is 10.4. The fourth-order valence-corrected chi connectivity index (χ4v) is 2.43. The average molecular weight is 286 g/mol. The summed E-state index contributed by atoms with van der Waals surface area (Å²) in [5, 5.41) is 2.75. The quantitative estimate of drug-likeness (QED) is 0.931. The number of amides is 1. The van der Waals surface area contributed by atoms with Crippen LogP contribution in [-0.2, 0) is 0 Å². The van der Waals surface area contributed by atoms with Crippen LogP contribution in [0, 0.1) is 19.7 Å². The number of carbonyl (C=O) groups is 1. The SMILES string of the molecule is CNc1c(F)cccc1C(=O)N(C)c1ccc(C)cc1C. The van der Waals surface area contributed by atoms with Gasteiger partial charge in [-0.2, -0.15) is 0 Å². The first-order chi connectivity index (χ1) is 9.95. The lowest BCUT2D eigenvalue weighted by atomic mass is 10.1. The highest BCUT2D eigenvalue weighted by atomic mass is 19.1. The summed E-state index contributed by atoms with van der Waals surface area (Å²) in [5.74, 6) is -0.678. The van der Waals surface area contributed by atoms with E-state index < -0.39 is 5.82 Å². The molecule has 0 saturated heterocycles. The van der Waals surface area contributed by atoms with Gasteiger partial charge >= 0.3 is 0 Å². The summed E-state index contributed by atoms with van der Waals surface area (Å²) in [7, 11) is 3.30. The first-order valence-electron chi connectivity index (χ1n) is 6.77. The van der Waals surface area contributed by atoms with Crippen molar-refractivity contribution in [3.05, 3.63) is 58.9 Å². The number of rotatable bonds is 3. The van der Waals surface area contributed by atoms with Gasteiger partial charge in [0.05, 0.1) is 11.3 Å². The Morgan fingerprint density at radius 1 is 1.19 bits per heavy atom. The van der Waals surface area contributed by atoms with Gasteiger partial charge in [0.25, 0.3) is 5.91 Å². The van der Waals surface area contributed by atoms with E-state index in [1.807, 2.05) is 32.0 Å². The molecule has 2 rings (SSSR count). The molecule has 0 bridgehead atoms. The van der Waals surface area contributed by atoms with Crippen LogP contribution in [0.25, 0.3) is 0 Å². The van der Waals surface area contributed by atoms with E-state index in [1.54, 1.807) is 31.1 Å². The predicted molar refractivity (Wildman–Crippen MR) is 84.6 cm³/mol. The number of nitrogens with one attached hydrogen (secondary N) is 1. The molecule has 4 heteroatoms. The molecule has 0 saturated carbocycles. The Hall–Kier alpha value is -2.36. The van der Waals surface area contributed by atoms with Crippen molar-refractivity contribution in [3.8, 4) is 0 Å². The molecule has 1 amide bonds. The maximum absolute atomic E-state index is 13.8. The molecule has 0 aliphatic rings. The highest BCUT2D eigenvalue weighted by Crippen LogP contribution is 2.25. The molecule has 110 valence electrons. The molecule has 3 nitrogen and oxygen atoms in total. The number of aryl methyl sites for hydroxylation is 2. The summed E-state index contributed by atoms with van der Waals surface area (Å²) in [6.07, 6.45) is 0. The van der Waals surface area contributed by atoms with Gasteiger partial charge < -0.3 is 10.2 Å². The van der Waals surface area contributed by atoms with Crippen LogP contribution in [0.4, 0.5) is 15.8 Å². The standard InChI is InChI=1S/C17H19FN2O/c1-11-8-9-15(12(2)10-11)20(4)17(21)13-6-5-7-14(18)16(13)19-3/h5-10,19H,1-4H3. The van der Waals surface area contributed by atoms with Gasteiger partial charge in [-0.1, -0.05) is 23.8 Å². The second kappa shape index (κ2) is 5.95. The first-order valence-corrected chi connectivity index (χ1v) is 6.77. The largest absolute Gasteiger partial charge is 0.385 e. The summed E-state index contributed by atoms with van der Waals surface area (Å²) in [4.78, 5) is 14.2. The number of nitrogens with zero attached hydrogens (tertiary/aromatic N) is 1. The molecule has 2 aromatic rings. The van der Waals surface area contributed by atoms with Gasteiger partial charge in [-0.25, -0.2) is 4.39 Å². The lowest BCUT2D eigenvalue weighted by Gasteiger charge is -2.21. The van der Waals surface area contributed by atoms with E-state index in [2.05, 4.69) is 5.32 Å². The van der Waals surface area contributed by atoms with Gasteiger partial charge in [-0.3, -0.25) is 4.79 Å². The predicted octanol–water partition coefficient (Wildman–Crippen LogP) is 3.76. The fourth-order valence-electron chi connectivity index (χ4n) is 2.43. The smallest absolute Gasteiger partial charge is 0.260 e.